The number of hydrogen-bond donors (Lipinski definition) is 2. The third-order valence-corrected chi connectivity index (χ3v) is 5.15. The Balaban J connectivity index is 2.19. The molecular weight excluding hydrogens is 319 g/mol. The van der Waals surface area contributed by atoms with Gasteiger partial charge in [-0.3, -0.25) is 0 Å². The Morgan fingerprint density at radius 2 is 2.00 bits per heavy atom. The van der Waals surface area contributed by atoms with Gasteiger partial charge in [-0.2, -0.15) is 0 Å². The average molecular weight is 330 g/mol. The molecule has 0 aliphatic heterocycles. The number of nitrogens with one attached hydrogen (secondary N) is 1. The first kappa shape index (κ1) is 15.5. The lowest BCUT2D eigenvalue weighted by atomic mass is 10.4. The quantitative estimate of drug-likeness (QED) is 0.874. The summed E-state index contributed by atoms with van der Waals surface area (Å²) in [6.45, 7) is 1.55. The largest absolute Gasteiger partial charge is 0.476 e. The molecule has 0 saturated carbocycles. The first-order valence-electron chi connectivity index (χ1n) is 5.76. The van der Waals surface area contributed by atoms with Crippen molar-refractivity contribution in [3.05, 3.63) is 46.2 Å². The van der Waals surface area contributed by atoms with Gasteiger partial charge in [0.05, 0.1) is 10.9 Å². The average Bonchev–Trinajstić information content (AvgIpc) is 2.88. The number of thiazole rings is 1. The molecule has 0 saturated heterocycles. The van der Waals surface area contributed by atoms with Crippen molar-refractivity contribution in [1.82, 2.24) is 9.71 Å². The number of aromatic carboxylic acids is 1. The summed E-state index contributed by atoms with van der Waals surface area (Å²) in [5.74, 6) is -1.71. The number of sulfonamides is 1. The maximum absolute atomic E-state index is 12.8. The summed E-state index contributed by atoms with van der Waals surface area (Å²) in [5.41, 5.74) is -0.136. The van der Waals surface area contributed by atoms with Crippen LogP contribution in [0.5, 0.6) is 0 Å². The van der Waals surface area contributed by atoms with Crippen LogP contribution in [-0.2, 0) is 10.0 Å². The van der Waals surface area contributed by atoms with Crippen molar-refractivity contribution in [2.24, 2.45) is 0 Å². The topological polar surface area (TPSA) is 96.4 Å². The van der Waals surface area contributed by atoms with Gasteiger partial charge in [0, 0.05) is 5.38 Å². The van der Waals surface area contributed by atoms with E-state index in [4.69, 9.17) is 5.11 Å². The highest BCUT2D eigenvalue weighted by Gasteiger charge is 2.21. The van der Waals surface area contributed by atoms with Crippen molar-refractivity contribution in [3.8, 4) is 0 Å². The molecule has 2 rings (SSSR count). The fraction of sp³-hybridized carbons (Fsp3) is 0.167. The summed E-state index contributed by atoms with van der Waals surface area (Å²) in [6, 6.07) is 3.69. The van der Waals surface area contributed by atoms with Crippen LogP contribution in [0.2, 0.25) is 0 Å². The van der Waals surface area contributed by atoms with Gasteiger partial charge in [-0.05, 0) is 31.2 Å². The van der Waals surface area contributed by atoms with Gasteiger partial charge in [-0.15, -0.1) is 11.3 Å². The molecule has 0 spiro atoms. The highest BCUT2D eigenvalue weighted by Crippen LogP contribution is 2.20. The monoisotopic (exact) mass is 330 g/mol. The van der Waals surface area contributed by atoms with Gasteiger partial charge in [-0.1, -0.05) is 0 Å². The molecule has 1 unspecified atom stereocenters. The van der Waals surface area contributed by atoms with Crippen LogP contribution < -0.4 is 4.72 Å². The lowest BCUT2D eigenvalue weighted by molar-refractivity contribution is 0.0691. The number of rotatable bonds is 5. The normalized spacial score (nSPS) is 13.0. The van der Waals surface area contributed by atoms with Crippen LogP contribution in [0, 0.1) is 5.82 Å². The predicted molar refractivity (Wildman–Crippen MR) is 74.2 cm³/mol. The van der Waals surface area contributed by atoms with Crippen LogP contribution in [0.15, 0.2) is 34.5 Å². The standard InChI is InChI=1S/C12H11FN2O4S2/c1-7(11-14-10(6-20-11)12(16)17)15-21(18,19)9-4-2-8(13)3-5-9/h2-7,15H,1H3,(H,16,17). The minimum atomic E-state index is -3.83. The van der Waals surface area contributed by atoms with E-state index in [2.05, 4.69) is 9.71 Å². The lowest BCUT2D eigenvalue weighted by Crippen LogP contribution is -2.26. The first-order chi connectivity index (χ1) is 9.79. The number of hydrogen-bond acceptors (Lipinski definition) is 5. The fourth-order valence-corrected chi connectivity index (χ4v) is 3.63. The van der Waals surface area contributed by atoms with Gasteiger partial charge in [0.2, 0.25) is 10.0 Å². The Bertz CT molecular complexity index is 756. The van der Waals surface area contributed by atoms with Gasteiger partial charge >= 0.3 is 5.97 Å². The summed E-state index contributed by atoms with van der Waals surface area (Å²) in [4.78, 5) is 14.5. The van der Waals surface area contributed by atoms with Crippen molar-refractivity contribution in [2.45, 2.75) is 17.9 Å². The molecular formula is C12H11FN2O4S2. The second-order valence-corrected chi connectivity index (χ2v) is 6.78. The number of carbonyl (C=O) groups is 1. The van der Waals surface area contributed by atoms with Crippen LogP contribution in [0.25, 0.3) is 0 Å². The molecule has 6 nitrogen and oxygen atoms in total. The van der Waals surface area contributed by atoms with Crippen molar-refractivity contribution in [3.63, 3.8) is 0 Å². The molecule has 0 aliphatic carbocycles. The molecule has 2 aromatic rings. The van der Waals surface area contributed by atoms with Gasteiger partial charge in [0.15, 0.2) is 5.69 Å². The van der Waals surface area contributed by atoms with E-state index < -0.39 is 27.9 Å². The zero-order valence-corrected chi connectivity index (χ0v) is 12.4. The third-order valence-electron chi connectivity index (χ3n) is 2.57. The van der Waals surface area contributed by atoms with E-state index in [1.54, 1.807) is 6.92 Å². The van der Waals surface area contributed by atoms with Crippen molar-refractivity contribution in [2.75, 3.05) is 0 Å². The molecule has 1 aromatic heterocycles. The number of benzene rings is 1. The SMILES string of the molecule is CC(NS(=O)(=O)c1ccc(F)cc1)c1nc(C(=O)O)cs1. The van der Waals surface area contributed by atoms with E-state index in [0.29, 0.717) is 5.01 Å². The van der Waals surface area contributed by atoms with Crippen LogP contribution in [0.4, 0.5) is 4.39 Å². The van der Waals surface area contributed by atoms with E-state index in [1.165, 1.54) is 5.38 Å². The molecule has 0 aliphatic rings. The highest BCUT2D eigenvalue weighted by molar-refractivity contribution is 7.89. The van der Waals surface area contributed by atoms with Crippen molar-refractivity contribution in [1.29, 1.82) is 0 Å². The molecule has 21 heavy (non-hydrogen) atoms. The van der Waals surface area contributed by atoms with E-state index in [1.807, 2.05) is 0 Å². The Hall–Kier alpha value is -1.84. The van der Waals surface area contributed by atoms with E-state index in [-0.39, 0.29) is 10.6 Å². The minimum absolute atomic E-state index is 0.0780. The molecule has 1 heterocycles. The summed E-state index contributed by atoms with van der Waals surface area (Å²) in [5, 5.41) is 10.5. The number of aromatic nitrogens is 1. The van der Waals surface area contributed by atoms with E-state index in [9.17, 15) is 17.6 Å². The van der Waals surface area contributed by atoms with Crippen LogP contribution in [-0.4, -0.2) is 24.5 Å². The van der Waals surface area contributed by atoms with Crippen LogP contribution in [0.1, 0.15) is 28.5 Å². The molecule has 112 valence electrons. The number of carboxylic acids is 1. The summed E-state index contributed by atoms with van der Waals surface area (Å²) in [6.07, 6.45) is 0. The molecule has 0 amide bonds. The molecule has 1 atom stereocenters. The highest BCUT2D eigenvalue weighted by atomic mass is 32.2. The smallest absolute Gasteiger partial charge is 0.355 e. The molecule has 0 radical (unpaired) electrons. The van der Waals surface area contributed by atoms with Gasteiger partial charge in [0.1, 0.15) is 10.8 Å². The van der Waals surface area contributed by atoms with Gasteiger partial charge in [0.25, 0.3) is 0 Å². The van der Waals surface area contributed by atoms with Gasteiger partial charge < -0.3 is 5.11 Å². The second kappa shape index (κ2) is 5.88. The fourth-order valence-electron chi connectivity index (χ4n) is 1.55. The van der Waals surface area contributed by atoms with Crippen molar-refractivity contribution < 1.29 is 22.7 Å². The zero-order chi connectivity index (χ0) is 15.6. The molecule has 1 aromatic carbocycles. The Labute approximate surface area is 124 Å². The summed E-state index contributed by atoms with van der Waals surface area (Å²) in [7, 11) is -3.83. The molecule has 9 heteroatoms. The molecule has 0 bridgehead atoms. The van der Waals surface area contributed by atoms with Crippen LogP contribution in [0.3, 0.4) is 0 Å². The Morgan fingerprint density at radius 3 is 2.52 bits per heavy atom. The lowest BCUT2D eigenvalue weighted by Gasteiger charge is -2.11. The maximum Gasteiger partial charge on any atom is 0.355 e. The van der Waals surface area contributed by atoms with Crippen LogP contribution >= 0.6 is 11.3 Å². The molecule has 0 fully saturated rings. The summed E-state index contributed by atoms with van der Waals surface area (Å²) >= 11 is 1.05. The number of halogens is 1. The van der Waals surface area contributed by atoms with E-state index >= 15 is 0 Å². The second-order valence-electron chi connectivity index (χ2n) is 4.17. The predicted octanol–water partition coefficient (Wildman–Crippen LogP) is 2.02. The Morgan fingerprint density at radius 1 is 1.38 bits per heavy atom. The Kier molecular flexibility index (Phi) is 4.35. The van der Waals surface area contributed by atoms with E-state index in [0.717, 1.165) is 35.6 Å². The van der Waals surface area contributed by atoms with Gasteiger partial charge in [-0.25, -0.2) is 27.3 Å². The molecule has 2 N–H and O–H groups in total. The zero-order valence-electron chi connectivity index (χ0n) is 10.8. The first-order valence-corrected chi connectivity index (χ1v) is 8.12. The maximum atomic E-state index is 12.8. The minimum Gasteiger partial charge on any atom is -0.476 e. The summed E-state index contributed by atoms with van der Waals surface area (Å²) < 4.78 is 39.4. The van der Waals surface area contributed by atoms with Crippen molar-refractivity contribution >= 4 is 27.3 Å². The third kappa shape index (κ3) is 3.63. The number of nitrogens with zero attached hydrogens (tertiary/aromatic N) is 1. The number of carboxylic acid groups (broad SMARTS) is 1.